The maximum absolute atomic E-state index is 9.20. The van der Waals surface area contributed by atoms with Gasteiger partial charge in [-0.2, -0.15) is 5.26 Å². The van der Waals surface area contributed by atoms with Crippen molar-refractivity contribution in [3.05, 3.63) is 70.2 Å². The van der Waals surface area contributed by atoms with E-state index in [4.69, 9.17) is 27.9 Å². The van der Waals surface area contributed by atoms with Gasteiger partial charge < -0.3 is 4.74 Å². The van der Waals surface area contributed by atoms with Crippen molar-refractivity contribution in [2.24, 2.45) is 0 Å². The van der Waals surface area contributed by atoms with Crippen molar-refractivity contribution in [3.63, 3.8) is 0 Å². The van der Waals surface area contributed by atoms with Crippen LogP contribution in [-0.2, 0) is 0 Å². The summed E-state index contributed by atoms with van der Waals surface area (Å²) in [6.45, 7) is 0. The molecule has 0 aliphatic heterocycles. The van der Waals surface area contributed by atoms with E-state index in [1.54, 1.807) is 30.3 Å². The standard InChI is InChI=1S/C17H9Cl2NO/c18-14-6-3-7-16(13(14)10-20)21-17-9-8-15(19)11-4-1-2-5-12(11)17/h1-9H. The second-order valence-electron chi connectivity index (χ2n) is 4.42. The van der Waals surface area contributed by atoms with Crippen LogP contribution in [0.25, 0.3) is 10.8 Å². The number of nitriles is 1. The SMILES string of the molecule is N#Cc1c(Cl)cccc1Oc1ccc(Cl)c2ccccc12. The molecule has 4 heteroatoms. The van der Waals surface area contributed by atoms with E-state index in [0.717, 1.165) is 10.8 Å². The quantitative estimate of drug-likeness (QED) is 0.598. The summed E-state index contributed by atoms with van der Waals surface area (Å²) in [5, 5.41) is 12.0. The Kier molecular flexibility index (Phi) is 3.70. The summed E-state index contributed by atoms with van der Waals surface area (Å²) in [6.07, 6.45) is 0. The van der Waals surface area contributed by atoms with Crippen molar-refractivity contribution in [2.45, 2.75) is 0 Å². The first-order chi connectivity index (χ1) is 10.2. The van der Waals surface area contributed by atoms with E-state index in [0.29, 0.717) is 27.1 Å². The number of fused-ring (bicyclic) bond motifs is 1. The smallest absolute Gasteiger partial charge is 0.146 e. The van der Waals surface area contributed by atoms with Crippen LogP contribution in [-0.4, -0.2) is 0 Å². The number of nitrogens with zero attached hydrogens (tertiary/aromatic N) is 1. The lowest BCUT2D eigenvalue weighted by Crippen LogP contribution is -1.90. The van der Waals surface area contributed by atoms with Crippen LogP contribution in [0.5, 0.6) is 11.5 Å². The van der Waals surface area contributed by atoms with Gasteiger partial charge in [0.15, 0.2) is 0 Å². The number of hydrogen-bond donors (Lipinski definition) is 0. The molecule has 0 N–H and O–H groups in total. The minimum atomic E-state index is 0.318. The molecule has 0 atom stereocenters. The van der Waals surface area contributed by atoms with Crippen LogP contribution in [0.1, 0.15) is 5.56 Å². The number of rotatable bonds is 2. The monoisotopic (exact) mass is 313 g/mol. The number of hydrogen-bond acceptors (Lipinski definition) is 2. The first-order valence-electron chi connectivity index (χ1n) is 6.24. The van der Waals surface area contributed by atoms with Crippen molar-refractivity contribution in [1.82, 2.24) is 0 Å². The Morgan fingerprint density at radius 1 is 0.762 bits per heavy atom. The van der Waals surface area contributed by atoms with E-state index in [1.165, 1.54) is 0 Å². The van der Waals surface area contributed by atoms with Gasteiger partial charge in [0.05, 0.1) is 5.02 Å². The molecule has 0 amide bonds. The van der Waals surface area contributed by atoms with E-state index < -0.39 is 0 Å². The zero-order valence-electron chi connectivity index (χ0n) is 10.8. The molecule has 3 aromatic rings. The van der Waals surface area contributed by atoms with Crippen molar-refractivity contribution in [2.75, 3.05) is 0 Å². The molecule has 2 nitrogen and oxygen atoms in total. The van der Waals surface area contributed by atoms with Crippen molar-refractivity contribution in [3.8, 4) is 17.6 Å². The molecule has 0 aliphatic carbocycles. The molecule has 0 aliphatic rings. The Morgan fingerprint density at radius 2 is 1.52 bits per heavy atom. The Hall–Kier alpha value is -2.21. The molecular weight excluding hydrogens is 305 g/mol. The van der Waals surface area contributed by atoms with Gasteiger partial charge in [-0.25, -0.2) is 0 Å². The van der Waals surface area contributed by atoms with Gasteiger partial charge in [-0.1, -0.05) is 53.5 Å². The van der Waals surface area contributed by atoms with Crippen LogP contribution < -0.4 is 4.74 Å². The summed E-state index contributed by atoms with van der Waals surface area (Å²) >= 11 is 12.2. The first kappa shape index (κ1) is 13.8. The fourth-order valence-electron chi connectivity index (χ4n) is 2.14. The van der Waals surface area contributed by atoms with Crippen LogP contribution in [0.15, 0.2) is 54.6 Å². The highest BCUT2D eigenvalue weighted by atomic mass is 35.5. The second kappa shape index (κ2) is 5.65. The van der Waals surface area contributed by atoms with Gasteiger partial charge in [0, 0.05) is 15.8 Å². The van der Waals surface area contributed by atoms with Gasteiger partial charge in [-0.3, -0.25) is 0 Å². The van der Waals surface area contributed by atoms with Crippen LogP contribution in [0, 0.1) is 11.3 Å². The predicted octanol–water partition coefficient (Wildman–Crippen LogP) is 5.81. The van der Waals surface area contributed by atoms with Crippen LogP contribution >= 0.6 is 23.2 Å². The molecule has 0 radical (unpaired) electrons. The van der Waals surface area contributed by atoms with E-state index in [1.807, 2.05) is 24.3 Å². The Balaban J connectivity index is 2.14. The van der Waals surface area contributed by atoms with Crippen molar-refractivity contribution < 1.29 is 4.74 Å². The van der Waals surface area contributed by atoms with Gasteiger partial charge in [-0.05, 0) is 24.3 Å². The normalized spacial score (nSPS) is 10.3. The third-order valence-corrected chi connectivity index (χ3v) is 3.78. The average Bonchev–Trinajstić information content (AvgIpc) is 2.51. The van der Waals surface area contributed by atoms with Gasteiger partial charge >= 0.3 is 0 Å². The molecule has 0 fully saturated rings. The number of benzene rings is 3. The Labute approximate surface area is 132 Å². The lowest BCUT2D eigenvalue weighted by atomic mass is 10.1. The highest BCUT2D eigenvalue weighted by Crippen LogP contribution is 2.36. The highest BCUT2D eigenvalue weighted by molar-refractivity contribution is 6.35. The molecule has 102 valence electrons. The third kappa shape index (κ3) is 2.54. The largest absolute Gasteiger partial charge is 0.455 e. The van der Waals surface area contributed by atoms with E-state index in [9.17, 15) is 5.26 Å². The highest BCUT2D eigenvalue weighted by Gasteiger charge is 2.11. The zero-order valence-corrected chi connectivity index (χ0v) is 12.3. The fraction of sp³-hybridized carbons (Fsp3) is 0. The molecule has 3 aromatic carbocycles. The summed E-state index contributed by atoms with van der Waals surface area (Å²) in [7, 11) is 0. The molecule has 0 heterocycles. The zero-order chi connectivity index (χ0) is 14.8. The molecule has 21 heavy (non-hydrogen) atoms. The van der Waals surface area contributed by atoms with Crippen LogP contribution in [0.2, 0.25) is 10.0 Å². The van der Waals surface area contributed by atoms with E-state index >= 15 is 0 Å². The predicted molar refractivity (Wildman–Crippen MR) is 85.2 cm³/mol. The molecule has 0 saturated carbocycles. The lowest BCUT2D eigenvalue weighted by Gasteiger charge is -2.11. The van der Waals surface area contributed by atoms with E-state index in [2.05, 4.69) is 6.07 Å². The summed E-state index contributed by atoms with van der Waals surface area (Å²) in [5.41, 5.74) is 0.318. The van der Waals surface area contributed by atoms with Crippen LogP contribution in [0.4, 0.5) is 0 Å². The summed E-state index contributed by atoms with van der Waals surface area (Å²) < 4.78 is 5.88. The molecule has 3 rings (SSSR count). The first-order valence-corrected chi connectivity index (χ1v) is 7.00. The molecule has 0 aromatic heterocycles. The Bertz CT molecular complexity index is 868. The average molecular weight is 314 g/mol. The molecule has 0 unspecified atom stereocenters. The summed E-state index contributed by atoms with van der Waals surface area (Å²) in [6, 6.07) is 18.4. The van der Waals surface area contributed by atoms with Gasteiger partial charge in [-0.15, -0.1) is 0 Å². The minimum Gasteiger partial charge on any atom is -0.455 e. The fourth-order valence-corrected chi connectivity index (χ4v) is 2.58. The molecule has 0 spiro atoms. The topological polar surface area (TPSA) is 33.0 Å². The van der Waals surface area contributed by atoms with Gasteiger partial charge in [0.25, 0.3) is 0 Å². The minimum absolute atomic E-state index is 0.318. The maximum Gasteiger partial charge on any atom is 0.146 e. The molecule has 0 bridgehead atoms. The maximum atomic E-state index is 9.20. The second-order valence-corrected chi connectivity index (χ2v) is 5.23. The number of ether oxygens (including phenoxy) is 1. The molecular formula is C17H9Cl2NO. The third-order valence-electron chi connectivity index (χ3n) is 3.14. The molecule has 0 saturated heterocycles. The Morgan fingerprint density at radius 3 is 2.29 bits per heavy atom. The summed E-state index contributed by atoms with van der Waals surface area (Å²) in [5.74, 6) is 1.06. The van der Waals surface area contributed by atoms with Crippen molar-refractivity contribution in [1.29, 1.82) is 5.26 Å². The van der Waals surface area contributed by atoms with Gasteiger partial charge in [0.1, 0.15) is 23.1 Å². The van der Waals surface area contributed by atoms with Crippen LogP contribution in [0.3, 0.4) is 0 Å². The van der Waals surface area contributed by atoms with Crippen molar-refractivity contribution >= 4 is 34.0 Å². The summed E-state index contributed by atoms with van der Waals surface area (Å²) in [4.78, 5) is 0. The number of halogens is 2. The lowest BCUT2D eigenvalue weighted by molar-refractivity contribution is 0.487. The van der Waals surface area contributed by atoms with Gasteiger partial charge in [0.2, 0.25) is 0 Å². The van der Waals surface area contributed by atoms with E-state index in [-0.39, 0.29) is 0 Å².